The van der Waals surface area contributed by atoms with Gasteiger partial charge in [-0.15, -0.1) is 0 Å². The van der Waals surface area contributed by atoms with Crippen molar-refractivity contribution in [1.29, 1.82) is 0 Å². The molecular weight excluding hydrogens is 366 g/mol. The van der Waals surface area contributed by atoms with Crippen LogP contribution in [0.15, 0.2) is 23.1 Å². The summed E-state index contributed by atoms with van der Waals surface area (Å²) >= 11 is 0. The molecule has 0 radical (unpaired) electrons. The lowest BCUT2D eigenvalue weighted by Crippen LogP contribution is -2.50. The number of sulfonamides is 1. The van der Waals surface area contributed by atoms with Crippen LogP contribution in [0.4, 0.5) is 8.78 Å². The van der Waals surface area contributed by atoms with Gasteiger partial charge >= 0.3 is 0 Å². The molecule has 1 amide bonds. The Kier molecular flexibility index (Phi) is 7.08. The van der Waals surface area contributed by atoms with Gasteiger partial charge in [0.25, 0.3) is 0 Å². The zero-order valence-corrected chi connectivity index (χ0v) is 15.8. The fraction of sp³-hybridized carbons (Fsp3) is 0.588. The lowest BCUT2D eigenvalue weighted by Gasteiger charge is -2.34. The molecule has 0 saturated carbocycles. The van der Waals surface area contributed by atoms with E-state index in [1.54, 1.807) is 4.90 Å². The molecular formula is C17H24F2N2O4S. The van der Waals surface area contributed by atoms with Gasteiger partial charge in [-0.25, -0.2) is 17.2 Å². The van der Waals surface area contributed by atoms with Gasteiger partial charge in [-0.3, -0.25) is 4.79 Å². The van der Waals surface area contributed by atoms with E-state index in [-0.39, 0.29) is 38.5 Å². The predicted octanol–water partition coefficient (Wildman–Crippen LogP) is 1.86. The minimum absolute atomic E-state index is 0.00526. The van der Waals surface area contributed by atoms with Crippen LogP contribution < -0.4 is 0 Å². The van der Waals surface area contributed by atoms with Gasteiger partial charge in [-0.2, -0.15) is 4.31 Å². The molecule has 0 unspecified atom stereocenters. The van der Waals surface area contributed by atoms with Crippen LogP contribution in [0, 0.1) is 17.6 Å². The van der Waals surface area contributed by atoms with Crippen molar-refractivity contribution in [1.82, 2.24) is 9.21 Å². The highest BCUT2D eigenvalue weighted by atomic mass is 32.2. The topological polar surface area (TPSA) is 66.9 Å². The molecule has 1 aliphatic heterocycles. The van der Waals surface area contributed by atoms with Crippen LogP contribution >= 0.6 is 0 Å². The molecule has 9 heteroatoms. The summed E-state index contributed by atoms with van der Waals surface area (Å²) in [6, 6.07) is 2.93. The molecule has 0 N–H and O–H groups in total. The van der Waals surface area contributed by atoms with Crippen molar-refractivity contribution in [2.75, 3.05) is 39.4 Å². The summed E-state index contributed by atoms with van der Waals surface area (Å²) in [7, 11) is -4.28. The molecule has 1 heterocycles. The summed E-state index contributed by atoms with van der Waals surface area (Å²) < 4.78 is 59.0. The minimum Gasteiger partial charge on any atom is -0.381 e. The fourth-order valence-electron chi connectivity index (χ4n) is 2.67. The van der Waals surface area contributed by atoms with Crippen molar-refractivity contribution in [2.45, 2.75) is 25.2 Å². The predicted molar refractivity (Wildman–Crippen MR) is 92.0 cm³/mol. The number of carbonyl (C=O) groups excluding carboxylic acids is 1. The van der Waals surface area contributed by atoms with Gasteiger partial charge in [0, 0.05) is 32.8 Å². The Bertz CT molecular complexity index is 712. The van der Waals surface area contributed by atoms with E-state index in [0.717, 1.165) is 22.5 Å². The van der Waals surface area contributed by atoms with Crippen LogP contribution in [0.2, 0.25) is 0 Å². The van der Waals surface area contributed by atoms with Crippen LogP contribution in [0.25, 0.3) is 0 Å². The van der Waals surface area contributed by atoms with Gasteiger partial charge in [0.15, 0.2) is 4.90 Å². The fourth-order valence-corrected chi connectivity index (χ4v) is 4.20. The summed E-state index contributed by atoms with van der Waals surface area (Å²) in [6.07, 6.45) is 0.224. The zero-order chi connectivity index (χ0) is 19.3. The van der Waals surface area contributed by atoms with Gasteiger partial charge in [-0.1, -0.05) is 19.9 Å². The number of carbonyl (C=O) groups is 1. The molecule has 26 heavy (non-hydrogen) atoms. The quantitative estimate of drug-likeness (QED) is 0.667. The van der Waals surface area contributed by atoms with E-state index in [1.165, 1.54) is 0 Å². The van der Waals surface area contributed by atoms with E-state index in [4.69, 9.17) is 4.74 Å². The van der Waals surface area contributed by atoms with Crippen molar-refractivity contribution in [2.24, 2.45) is 5.92 Å². The molecule has 2 rings (SSSR count). The number of hydrogen-bond acceptors (Lipinski definition) is 4. The Morgan fingerprint density at radius 1 is 1.15 bits per heavy atom. The number of hydrogen-bond donors (Lipinski definition) is 0. The molecule has 0 spiro atoms. The summed E-state index contributed by atoms with van der Waals surface area (Å²) in [5.74, 6) is -1.97. The monoisotopic (exact) mass is 390 g/mol. The Hall–Kier alpha value is -1.58. The van der Waals surface area contributed by atoms with Crippen molar-refractivity contribution >= 4 is 15.9 Å². The Morgan fingerprint density at radius 2 is 1.73 bits per heavy atom. The molecule has 6 nitrogen and oxygen atoms in total. The van der Waals surface area contributed by atoms with E-state index in [9.17, 15) is 22.0 Å². The molecule has 0 aromatic heterocycles. The average Bonchev–Trinajstić information content (AvgIpc) is 2.58. The Balaban J connectivity index is 1.92. The van der Waals surface area contributed by atoms with Crippen LogP contribution in [0.5, 0.6) is 0 Å². The molecule has 0 atom stereocenters. The molecule has 1 saturated heterocycles. The van der Waals surface area contributed by atoms with E-state index < -0.39 is 26.6 Å². The van der Waals surface area contributed by atoms with Gasteiger partial charge in [0.1, 0.15) is 11.6 Å². The average molecular weight is 390 g/mol. The Morgan fingerprint density at radius 3 is 2.27 bits per heavy atom. The highest BCUT2D eigenvalue weighted by molar-refractivity contribution is 7.89. The molecule has 1 aromatic rings. The van der Waals surface area contributed by atoms with E-state index in [0.29, 0.717) is 19.1 Å². The van der Waals surface area contributed by atoms with E-state index >= 15 is 0 Å². The number of rotatable bonds is 7. The third-order valence-corrected chi connectivity index (χ3v) is 5.97. The van der Waals surface area contributed by atoms with Crippen molar-refractivity contribution < 1.29 is 26.7 Å². The van der Waals surface area contributed by atoms with E-state index in [2.05, 4.69) is 0 Å². The van der Waals surface area contributed by atoms with Gasteiger partial charge in [-0.05, 0) is 18.1 Å². The molecule has 0 bridgehead atoms. The highest BCUT2D eigenvalue weighted by Gasteiger charge is 2.33. The molecule has 0 aliphatic carbocycles. The van der Waals surface area contributed by atoms with Crippen molar-refractivity contribution in [3.8, 4) is 0 Å². The van der Waals surface area contributed by atoms with Crippen molar-refractivity contribution in [3.63, 3.8) is 0 Å². The van der Waals surface area contributed by atoms with Gasteiger partial charge in [0.2, 0.25) is 15.9 Å². The molecule has 1 aliphatic rings. The maximum absolute atomic E-state index is 13.8. The highest BCUT2D eigenvalue weighted by Crippen LogP contribution is 2.23. The smallest absolute Gasteiger partial charge is 0.249 e. The first-order chi connectivity index (χ1) is 12.2. The second-order valence-electron chi connectivity index (χ2n) is 6.55. The van der Waals surface area contributed by atoms with E-state index in [1.807, 2.05) is 13.8 Å². The number of nitrogens with zero attached hydrogens (tertiary/aromatic N) is 2. The molecule has 1 aromatic carbocycles. The first-order valence-corrected chi connectivity index (χ1v) is 9.97. The van der Waals surface area contributed by atoms with Crippen LogP contribution in [0.1, 0.15) is 20.3 Å². The van der Waals surface area contributed by atoms with Gasteiger partial charge < -0.3 is 9.64 Å². The molecule has 1 fully saturated rings. The summed E-state index contributed by atoms with van der Waals surface area (Å²) in [5, 5.41) is 0. The third-order valence-electron chi connectivity index (χ3n) is 4.02. The maximum atomic E-state index is 13.8. The SMILES string of the molecule is CC(C)COCCC(=O)N1CCN(S(=O)(=O)c2c(F)cccc2F)CC1. The third kappa shape index (κ3) is 4.99. The zero-order valence-electron chi connectivity index (χ0n) is 15.0. The summed E-state index contributed by atoms with van der Waals surface area (Å²) in [4.78, 5) is 12.7. The summed E-state index contributed by atoms with van der Waals surface area (Å²) in [6.45, 7) is 5.27. The summed E-state index contributed by atoms with van der Waals surface area (Å²) in [5.41, 5.74) is 0. The van der Waals surface area contributed by atoms with Crippen LogP contribution in [-0.2, 0) is 19.6 Å². The second-order valence-corrected chi connectivity index (χ2v) is 8.43. The number of piperazine rings is 1. The van der Waals surface area contributed by atoms with Crippen LogP contribution in [0.3, 0.4) is 0 Å². The first kappa shape index (κ1) is 20.7. The number of ether oxygens (including phenoxy) is 1. The standard InChI is InChI=1S/C17H24F2N2O4S/c1-13(2)12-25-11-6-16(22)20-7-9-21(10-8-20)26(23,24)17-14(18)4-3-5-15(17)19/h3-5,13H,6-12H2,1-2H3. The van der Waals surface area contributed by atoms with Crippen molar-refractivity contribution in [3.05, 3.63) is 29.8 Å². The normalized spacial score (nSPS) is 16.3. The number of benzene rings is 1. The second kappa shape index (κ2) is 8.88. The first-order valence-electron chi connectivity index (χ1n) is 8.53. The number of halogens is 2. The lowest BCUT2D eigenvalue weighted by molar-refractivity contribution is -0.133. The van der Waals surface area contributed by atoms with Crippen LogP contribution in [-0.4, -0.2) is 62.9 Å². The number of amides is 1. The lowest BCUT2D eigenvalue weighted by atomic mass is 10.2. The molecule has 146 valence electrons. The van der Waals surface area contributed by atoms with Gasteiger partial charge in [0.05, 0.1) is 13.0 Å². The minimum atomic E-state index is -4.28. The largest absolute Gasteiger partial charge is 0.381 e. The Labute approximate surface area is 152 Å². The maximum Gasteiger partial charge on any atom is 0.249 e.